The van der Waals surface area contributed by atoms with Gasteiger partial charge in [-0.2, -0.15) is 0 Å². The van der Waals surface area contributed by atoms with Crippen molar-refractivity contribution in [2.75, 3.05) is 11.9 Å². The SMILES string of the molecule is CN[C@@H](C)C(=O)N[C@H]1CCc2ccccc2N(Cc2c(Cl)cnc3ncccc23)C1=O.Cl. The molecular weight excluding hydrogens is 449 g/mol. The summed E-state index contributed by atoms with van der Waals surface area (Å²) < 4.78 is 0. The number of benzene rings is 1. The van der Waals surface area contributed by atoms with Gasteiger partial charge in [-0.05, 0) is 50.6 Å². The molecule has 2 amide bonds. The number of hydrogen-bond donors (Lipinski definition) is 2. The van der Waals surface area contributed by atoms with Crippen LogP contribution in [0.1, 0.15) is 24.5 Å². The third-order valence-electron chi connectivity index (χ3n) is 5.71. The predicted molar refractivity (Wildman–Crippen MR) is 128 cm³/mol. The molecule has 0 fully saturated rings. The first-order chi connectivity index (χ1) is 15.0. The average Bonchev–Trinajstić information content (AvgIpc) is 2.92. The maximum absolute atomic E-state index is 13.6. The smallest absolute Gasteiger partial charge is 0.249 e. The summed E-state index contributed by atoms with van der Waals surface area (Å²) >= 11 is 6.51. The number of pyridine rings is 2. The molecule has 3 heterocycles. The first-order valence-electron chi connectivity index (χ1n) is 10.2. The van der Waals surface area contributed by atoms with Gasteiger partial charge in [-0.3, -0.25) is 9.59 Å². The zero-order valence-electron chi connectivity index (χ0n) is 17.8. The van der Waals surface area contributed by atoms with Gasteiger partial charge in [-0.15, -0.1) is 12.4 Å². The number of amides is 2. The molecule has 1 aliphatic rings. The molecule has 3 aromatic rings. The molecule has 2 N–H and O–H groups in total. The number of fused-ring (bicyclic) bond motifs is 2. The third-order valence-corrected chi connectivity index (χ3v) is 6.03. The average molecular weight is 474 g/mol. The molecule has 0 bridgehead atoms. The molecule has 0 spiro atoms. The van der Waals surface area contributed by atoms with Gasteiger partial charge in [0.05, 0.1) is 17.6 Å². The number of nitrogens with zero attached hydrogens (tertiary/aromatic N) is 3. The number of para-hydroxylation sites is 1. The van der Waals surface area contributed by atoms with E-state index in [0.717, 1.165) is 22.2 Å². The molecule has 9 heteroatoms. The van der Waals surface area contributed by atoms with Crippen LogP contribution in [-0.2, 0) is 22.6 Å². The lowest BCUT2D eigenvalue weighted by atomic mass is 10.1. The van der Waals surface area contributed by atoms with Gasteiger partial charge < -0.3 is 15.5 Å². The standard InChI is InChI=1S/C23H24ClN5O2.ClH/c1-14(25-2)22(30)28-19-10-9-15-6-3-4-8-20(15)29(23(19)31)13-17-16-7-5-11-26-21(16)27-12-18(17)24;/h3-8,11-12,14,19,25H,9-10,13H2,1-2H3,(H,28,30);1H/t14-,19-;/m0./s1. The maximum Gasteiger partial charge on any atom is 0.249 e. The van der Waals surface area contributed by atoms with Crippen LogP contribution in [0.25, 0.3) is 11.0 Å². The minimum Gasteiger partial charge on any atom is -0.343 e. The van der Waals surface area contributed by atoms with Crippen molar-refractivity contribution < 1.29 is 9.59 Å². The Labute approximate surface area is 198 Å². The molecule has 168 valence electrons. The van der Waals surface area contributed by atoms with Crippen molar-refractivity contribution >= 4 is 52.5 Å². The highest BCUT2D eigenvalue weighted by atomic mass is 35.5. The number of anilines is 1. The summed E-state index contributed by atoms with van der Waals surface area (Å²) in [5.41, 5.74) is 3.24. The number of nitrogens with one attached hydrogen (secondary N) is 2. The largest absolute Gasteiger partial charge is 0.343 e. The fourth-order valence-electron chi connectivity index (χ4n) is 3.82. The van der Waals surface area contributed by atoms with E-state index in [0.29, 0.717) is 23.5 Å². The van der Waals surface area contributed by atoms with E-state index in [4.69, 9.17) is 11.6 Å². The minimum atomic E-state index is -0.624. The van der Waals surface area contributed by atoms with E-state index in [2.05, 4.69) is 20.6 Å². The Morgan fingerprint density at radius 2 is 2.03 bits per heavy atom. The quantitative estimate of drug-likeness (QED) is 0.593. The highest BCUT2D eigenvalue weighted by Gasteiger charge is 2.32. The van der Waals surface area contributed by atoms with Crippen LogP contribution in [0, 0.1) is 0 Å². The van der Waals surface area contributed by atoms with Crippen molar-refractivity contribution in [2.45, 2.75) is 38.4 Å². The van der Waals surface area contributed by atoms with Gasteiger partial charge in [0.15, 0.2) is 5.65 Å². The number of carbonyl (C=O) groups is 2. The van der Waals surface area contributed by atoms with Crippen LogP contribution in [0.15, 0.2) is 48.8 Å². The highest BCUT2D eigenvalue weighted by molar-refractivity contribution is 6.32. The fourth-order valence-corrected chi connectivity index (χ4v) is 4.03. The second-order valence-corrected chi connectivity index (χ2v) is 8.03. The first kappa shape index (κ1) is 23.9. The second-order valence-electron chi connectivity index (χ2n) is 7.62. The van der Waals surface area contributed by atoms with Crippen LogP contribution in [0.3, 0.4) is 0 Å². The van der Waals surface area contributed by atoms with Crippen LogP contribution in [-0.4, -0.2) is 40.9 Å². The summed E-state index contributed by atoms with van der Waals surface area (Å²) in [4.78, 5) is 36.4. The van der Waals surface area contributed by atoms with Crippen molar-refractivity contribution in [1.29, 1.82) is 0 Å². The van der Waals surface area contributed by atoms with Crippen LogP contribution in [0.5, 0.6) is 0 Å². The van der Waals surface area contributed by atoms with Crippen molar-refractivity contribution in [2.24, 2.45) is 0 Å². The van der Waals surface area contributed by atoms with E-state index in [-0.39, 0.29) is 30.8 Å². The molecule has 1 aromatic carbocycles. The Morgan fingerprint density at radius 3 is 2.81 bits per heavy atom. The number of rotatable bonds is 5. The van der Waals surface area contributed by atoms with Crippen LogP contribution in [0.4, 0.5) is 5.69 Å². The summed E-state index contributed by atoms with van der Waals surface area (Å²) in [6.07, 6.45) is 4.45. The van der Waals surface area contributed by atoms with E-state index in [1.54, 1.807) is 31.3 Å². The lowest BCUT2D eigenvalue weighted by molar-refractivity contribution is -0.128. The molecule has 2 atom stereocenters. The van der Waals surface area contributed by atoms with Crippen molar-refractivity contribution in [3.8, 4) is 0 Å². The Balaban J connectivity index is 0.00000289. The molecule has 2 aromatic heterocycles. The topological polar surface area (TPSA) is 87.2 Å². The number of hydrogen-bond acceptors (Lipinski definition) is 5. The molecule has 7 nitrogen and oxygen atoms in total. The molecule has 0 saturated carbocycles. The van der Waals surface area contributed by atoms with Crippen LogP contribution >= 0.6 is 24.0 Å². The summed E-state index contributed by atoms with van der Waals surface area (Å²) in [7, 11) is 1.71. The van der Waals surface area contributed by atoms with Gasteiger partial charge >= 0.3 is 0 Å². The molecule has 0 saturated heterocycles. The van der Waals surface area contributed by atoms with Gasteiger partial charge in [0.1, 0.15) is 6.04 Å². The van der Waals surface area contributed by atoms with Crippen molar-refractivity contribution in [1.82, 2.24) is 20.6 Å². The van der Waals surface area contributed by atoms with Crippen molar-refractivity contribution in [3.05, 3.63) is 64.9 Å². The Kier molecular flexibility index (Phi) is 7.66. The molecule has 0 radical (unpaired) electrons. The first-order valence-corrected chi connectivity index (χ1v) is 10.6. The normalized spacial score (nSPS) is 16.7. The summed E-state index contributed by atoms with van der Waals surface area (Å²) in [6.45, 7) is 2.02. The zero-order chi connectivity index (χ0) is 22.0. The van der Waals surface area contributed by atoms with Gasteiger partial charge in [0.25, 0.3) is 0 Å². The molecule has 0 unspecified atom stereocenters. The molecule has 4 rings (SSSR count). The predicted octanol–water partition coefficient (Wildman–Crippen LogP) is 3.28. The zero-order valence-corrected chi connectivity index (χ0v) is 19.4. The number of halogens is 2. The van der Waals surface area contributed by atoms with Gasteiger partial charge in [0, 0.05) is 29.0 Å². The minimum absolute atomic E-state index is 0. The Bertz CT molecular complexity index is 1140. The van der Waals surface area contributed by atoms with E-state index < -0.39 is 12.1 Å². The maximum atomic E-state index is 13.6. The number of likely N-dealkylation sites (N-methyl/N-ethyl adjacent to an activating group) is 1. The Morgan fingerprint density at radius 1 is 1.25 bits per heavy atom. The summed E-state index contributed by atoms with van der Waals surface area (Å²) in [5.74, 6) is -0.366. The highest BCUT2D eigenvalue weighted by Crippen LogP contribution is 2.32. The fraction of sp³-hybridized carbons (Fsp3) is 0.304. The van der Waals surface area contributed by atoms with Gasteiger partial charge in [0.2, 0.25) is 11.8 Å². The molecule has 0 aliphatic carbocycles. The molecule has 1 aliphatic heterocycles. The number of aromatic nitrogens is 2. The van der Waals surface area contributed by atoms with Crippen LogP contribution < -0.4 is 15.5 Å². The second kappa shape index (κ2) is 10.3. The van der Waals surface area contributed by atoms with Gasteiger partial charge in [-0.25, -0.2) is 9.97 Å². The lowest BCUT2D eigenvalue weighted by Crippen LogP contribution is -2.52. The summed E-state index contributed by atoms with van der Waals surface area (Å²) in [6, 6.07) is 10.5. The Hall–Kier alpha value is -2.74. The molecule has 32 heavy (non-hydrogen) atoms. The van der Waals surface area contributed by atoms with Gasteiger partial charge in [-0.1, -0.05) is 29.8 Å². The van der Waals surface area contributed by atoms with Crippen LogP contribution in [0.2, 0.25) is 5.02 Å². The monoisotopic (exact) mass is 473 g/mol. The van der Waals surface area contributed by atoms with E-state index in [1.165, 1.54) is 0 Å². The lowest BCUT2D eigenvalue weighted by Gasteiger charge is -2.27. The van der Waals surface area contributed by atoms with Crippen molar-refractivity contribution in [3.63, 3.8) is 0 Å². The number of aryl methyl sites for hydroxylation is 1. The van der Waals surface area contributed by atoms with E-state index in [1.807, 2.05) is 36.4 Å². The van der Waals surface area contributed by atoms with E-state index in [9.17, 15) is 9.59 Å². The third kappa shape index (κ3) is 4.70. The summed E-state index contributed by atoms with van der Waals surface area (Å²) in [5, 5.41) is 7.10. The van der Waals surface area contributed by atoms with E-state index >= 15 is 0 Å². The molecular formula is C23H25Cl2N5O2. The number of carbonyl (C=O) groups excluding carboxylic acids is 2.